The quantitative estimate of drug-likeness (QED) is 0.859. The van der Waals surface area contributed by atoms with Gasteiger partial charge in [0.05, 0.1) is 16.8 Å². The summed E-state index contributed by atoms with van der Waals surface area (Å²) in [6.07, 6.45) is 4.36. The number of ketones is 1. The van der Waals surface area contributed by atoms with Crippen LogP contribution in [0.4, 0.5) is 5.13 Å². The van der Waals surface area contributed by atoms with Crippen molar-refractivity contribution in [3.05, 3.63) is 10.6 Å². The van der Waals surface area contributed by atoms with Gasteiger partial charge >= 0.3 is 0 Å². The summed E-state index contributed by atoms with van der Waals surface area (Å²) < 4.78 is 25.1. The molecule has 1 saturated heterocycles. The highest BCUT2D eigenvalue weighted by Crippen LogP contribution is 2.38. The molecule has 1 atom stereocenters. The molecule has 0 radical (unpaired) electrons. The lowest BCUT2D eigenvalue weighted by molar-refractivity contribution is -0.120. The summed E-state index contributed by atoms with van der Waals surface area (Å²) in [5.41, 5.74) is 0.598. The van der Waals surface area contributed by atoms with Crippen LogP contribution in [0.2, 0.25) is 0 Å². The predicted octanol–water partition coefficient (Wildman–Crippen LogP) is 2.05. The van der Waals surface area contributed by atoms with Crippen molar-refractivity contribution in [2.75, 3.05) is 18.1 Å². The largest absolute Gasteiger partial charge is 0.301 e. The average Bonchev–Trinajstić information content (AvgIpc) is 2.87. The van der Waals surface area contributed by atoms with Gasteiger partial charge in [-0.3, -0.25) is 9.59 Å². The molecule has 2 heterocycles. The second kappa shape index (κ2) is 6.44. The lowest BCUT2D eigenvalue weighted by Crippen LogP contribution is -2.49. The van der Waals surface area contributed by atoms with E-state index in [1.165, 1.54) is 15.6 Å². The van der Waals surface area contributed by atoms with Gasteiger partial charge in [0.25, 0.3) is 0 Å². The van der Waals surface area contributed by atoms with Crippen molar-refractivity contribution in [2.45, 2.75) is 52.0 Å². The first-order valence-electron chi connectivity index (χ1n) is 8.37. The molecule has 3 rings (SSSR count). The molecule has 1 N–H and O–H groups in total. The van der Waals surface area contributed by atoms with Crippen LogP contribution in [0.5, 0.6) is 0 Å². The van der Waals surface area contributed by atoms with Crippen molar-refractivity contribution in [1.29, 1.82) is 0 Å². The van der Waals surface area contributed by atoms with Gasteiger partial charge in [0.2, 0.25) is 15.9 Å². The molecular formula is C16H23N3O4S2. The minimum Gasteiger partial charge on any atom is -0.301 e. The number of aromatic nitrogens is 1. The smallest absolute Gasteiger partial charge is 0.244 e. The van der Waals surface area contributed by atoms with Crippen LogP contribution in [-0.4, -0.2) is 48.2 Å². The monoisotopic (exact) mass is 385 g/mol. The molecule has 0 saturated carbocycles. The van der Waals surface area contributed by atoms with Crippen LogP contribution in [-0.2, 0) is 21.2 Å². The third kappa shape index (κ3) is 3.93. The van der Waals surface area contributed by atoms with Gasteiger partial charge in [-0.15, -0.1) is 0 Å². The minimum absolute atomic E-state index is 0.0553. The van der Waals surface area contributed by atoms with Crippen LogP contribution in [0.3, 0.4) is 0 Å². The summed E-state index contributed by atoms with van der Waals surface area (Å²) in [6.45, 7) is 4.41. The van der Waals surface area contributed by atoms with E-state index in [2.05, 4.69) is 10.3 Å². The Hall–Kier alpha value is -1.32. The molecule has 25 heavy (non-hydrogen) atoms. The zero-order valence-electron chi connectivity index (χ0n) is 14.7. The first kappa shape index (κ1) is 18.5. The van der Waals surface area contributed by atoms with Crippen LogP contribution in [0, 0.1) is 5.41 Å². The maximum absolute atomic E-state index is 12.6. The summed E-state index contributed by atoms with van der Waals surface area (Å²) in [6, 6.07) is -0.711. The Morgan fingerprint density at radius 1 is 1.32 bits per heavy atom. The molecule has 138 valence electrons. The molecule has 0 unspecified atom stereocenters. The van der Waals surface area contributed by atoms with Gasteiger partial charge in [0.15, 0.2) is 10.9 Å². The number of fused-ring (bicyclic) bond motifs is 1. The Bertz CT molecular complexity index is 813. The van der Waals surface area contributed by atoms with Gasteiger partial charge in [0.1, 0.15) is 6.04 Å². The number of carbonyl (C=O) groups is 2. The molecule has 1 aliphatic carbocycles. The SMILES string of the molecule is CC1(C)CC(=O)c2sc(NC(=O)[C@@H]3CCCCN3S(C)(=O)=O)nc2C1. The van der Waals surface area contributed by atoms with Gasteiger partial charge in [-0.1, -0.05) is 31.6 Å². The number of anilines is 1. The Kier molecular flexibility index (Phi) is 4.76. The minimum atomic E-state index is -3.44. The van der Waals surface area contributed by atoms with E-state index in [4.69, 9.17) is 0 Å². The number of nitrogens with zero attached hydrogens (tertiary/aromatic N) is 2. The molecule has 1 amide bonds. The van der Waals surface area contributed by atoms with Gasteiger partial charge in [-0.25, -0.2) is 13.4 Å². The molecule has 0 aromatic carbocycles. The summed E-state index contributed by atoms with van der Waals surface area (Å²) in [7, 11) is -3.44. The molecule has 0 bridgehead atoms. The number of Topliss-reactive ketones (excluding diaryl/α,β-unsaturated/α-hetero) is 1. The second-order valence-corrected chi connectivity index (χ2v) is 10.5. The number of hydrogen-bond acceptors (Lipinski definition) is 6. The number of nitrogens with one attached hydrogen (secondary N) is 1. The van der Waals surface area contributed by atoms with Gasteiger partial charge in [-0.05, 0) is 24.7 Å². The Labute approximate surface area is 151 Å². The molecule has 7 nitrogen and oxygen atoms in total. The van der Waals surface area contributed by atoms with Crippen LogP contribution >= 0.6 is 11.3 Å². The van der Waals surface area contributed by atoms with E-state index >= 15 is 0 Å². The van der Waals surface area contributed by atoms with E-state index in [0.29, 0.717) is 35.8 Å². The fourth-order valence-electron chi connectivity index (χ4n) is 3.53. The lowest BCUT2D eigenvalue weighted by Gasteiger charge is -2.32. The van der Waals surface area contributed by atoms with E-state index in [9.17, 15) is 18.0 Å². The standard InChI is InChI=1S/C16H23N3O4S2/c1-16(2)8-10-13(12(20)9-16)24-15(17-10)18-14(21)11-6-4-5-7-19(11)25(3,22)23/h11H,4-9H2,1-3H3,(H,17,18,21)/t11-/m0/s1. The highest BCUT2D eigenvalue weighted by atomic mass is 32.2. The van der Waals surface area contributed by atoms with Crippen LogP contribution in [0.25, 0.3) is 0 Å². The third-order valence-corrected chi connectivity index (χ3v) is 6.99. The molecule has 2 aliphatic rings. The molecule has 1 aromatic heterocycles. The Balaban J connectivity index is 1.79. The molecule has 9 heteroatoms. The van der Waals surface area contributed by atoms with Crippen molar-refractivity contribution in [1.82, 2.24) is 9.29 Å². The van der Waals surface area contributed by atoms with Crippen molar-refractivity contribution >= 4 is 38.2 Å². The van der Waals surface area contributed by atoms with E-state index in [0.717, 1.165) is 24.8 Å². The maximum atomic E-state index is 12.6. The summed E-state index contributed by atoms with van der Waals surface area (Å²) in [5.74, 6) is -0.317. The number of rotatable bonds is 3. The molecule has 1 aromatic rings. The van der Waals surface area contributed by atoms with E-state index in [1.807, 2.05) is 13.8 Å². The number of thiazole rings is 1. The average molecular weight is 386 g/mol. The first-order chi connectivity index (χ1) is 11.6. The van der Waals surface area contributed by atoms with Gasteiger partial charge in [-0.2, -0.15) is 4.31 Å². The molecule has 1 fully saturated rings. The van der Waals surface area contributed by atoms with Gasteiger partial charge < -0.3 is 5.32 Å². The number of carbonyl (C=O) groups excluding carboxylic acids is 2. The van der Waals surface area contributed by atoms with Crippen molar-refractivity contribution < 1.29 is 18.0 Å². The zero-order chi connectivity index (χ0) is 18.4. The number of hydrogen-bond donors (Lipinski definition) is 1. The van der Waals surface area contributed by atoms with Crippen molar-refractivity contribution in [3.8, 4) is 0 Å². The lowest BCUT2D eigenvalue weighted by atomic mass is 9.78. The zero-order valence-corrected chi connectivity index (χ0v) is 16.3. The van der Waals surface area contributed by atoms with Crippen molar-refractivity contribution in [3.63, 3.8) is 0 Å². The maximum Gasteiger partial charge on any atom is 0.244 e. The predicted molar refractivity (Wildman–Crippen MR) is 96.4 cm³/mol. The van der Waals surface area contributed by atoms with E-state index in [-0.39, 0.29) is 17.1 Å². The number of sulfonamides is 1. The van der Waals surface area contributed by atoms with E-state index < -0.39 is 16.1 Å². The van der Waals surface area contributed by atoms with Crippen LogP contribution in [0.1, 0.15) is 54.9 Å². The van der Waals surface area contributed by atoms with Crippen molar-refractivity contribution in [2.24, 2.45) is 5.41 Å². The number of piperidine rings is 1. The molecule has 1 aliphatic heterocycles. The summed E-state index contributed by atoms with van der Waals surface area (Å²) >= 11 is 1.18. The Morgan fingerprint density at radius 3 is 2.72 bits per heavy atom. The first-order valence-corrected chi connectivity index (χ1v) is 11.0. The Morgan fingerprint density at radius 2 is 2.04 bits per heavy atom. The third-order valence-electron chi connectivity index (χ3n) is 4.65. The van der Waals surface area contributed by atoms with Crippen LogP contribution < -0.4 is 5.32 Å². The van der Waals surface area contributed by atoms with Crippen LogP contribution in [0.15, 0.2) is 0 Å². The summed E-state index contributed by atoms with van der Waals surface area (Å²) in [4.78, 5) is 29.9. The topological polar surface area (TPSA) is 96.4 Å². The summed E-state index contributed by atoms with van der Waals surface area (Å²) in [5, 5.41) is 3.10. The normalized spacial score (nSPS) is 24.0. The highest BCUT2D eigenvalue weighted by Gasteiger charge is 2.37. The fraction of sp³-hybridized carbons (Fsp3) is 0.688. The molecule has 0 spiro atoms. The van der Waals surface area contributed by atoms with E-state index in [1.54, 1.807) is 0 Å². The highest BCUT2D eigenvalue weighted by molar-refractivity contribution is 7.88. The fourth-order valence-corrected chi connectivity index (χ4v) is 5.57. The van der Waals surface area contributed by atoms with Gasteiger partial charge in [0, 0.05) is 13.0 Å². The number of amides is 1. The second-order valence-electron chi connectivity index (χ2n) is 7.61. The molecular weight excluding hydrogens is 362 g/mol.